The zero-order valence-electron chi connectivity index (χ0n) is 10.8. The molecular weight excluding hydrogens is 260 g/mol. The average molecular weight is 275 g/mol. The number of pyridine rings is 1. The first-order valence-corrected chi connectivity index (χ1v) is 6.73. The predicted octanol–water partition coefficient (Wildman–Crippen LogP) is 2.39. The van der Waals surface area contributed by atoms with Crippen LogP contribution in [0.2, 0.25) is 5.15 Å². The molecule has 0 bridgehead atoms. The van der Waals surface area contributed by atoms with E-state index in [1.807, 2.05) is 31.5 Å². The minimum Gasteiger partial charge on any atom is -0.293 e. The van der Waals surface area contributed by atoms with Gasteiger partial charge in [-0.3, -0.25) is 4.90 Å². The first-order chi connectivity index (χ1) is 9.20. The Morgan fingerprint density at radius 2 is 2.16 bits per heavy atom. The molecule has 0 saturated carbocycles. The van der Waals surface area contributed by atoms with Crippen LogP contribution in [0.15, 0.2) is 24.5 Å². The van der Waals surface area contributed by atoms with Crippen molar-refractivity contribution in [1.82, 2.24) is 19.9 Å². The van der Waals surface area contributed by atoms with Gasteiger partial charge in [0.15, 0.2) is 0 Å². The predicted molar refractivity (Wildman–Crippen MR) is 73.8 cm³/mol. The van der Waals surface area contributed by atoms with E-state index >= 15 is 0 Å². The highest BCUT2D eigenvalue weighted by molar-refractivity contribution is 6.29. The third-order valence-electron chi connectivity index (χ3n) is 3.34. The van der Waals surface area contributed by atoms with E-state index < -0.39 is 0 Å². The molecule has 2 aromatic rings. The van der Waals surface area contributed by atoms with Crippen molar-refractivity contribution >= 4 is 11.6 Å². The van der Waals surface area contributed by atoms with E-state index in [-0.39, 0.29) is 0 Å². The van der Waals surface area contributed by atoms with Crippen LogP contribution in [0.25, 0.3) is 0 Å². The van der Waals surface area contributed by atoms with Crippen LogP contribution >= 0.6 is 11.6 Å². The molecule has 0 saturated heterocycles. The Hall–Kier alpha value is -1.52. The molecule has 0 unspecified atom stereocenters. The monoisotopic (exact) mass is 274 g/mol. The summed E-state index contributed by atoms with van der Waals surface area (Å²) in [5.74, 6) is 0.841. The molecule has 3 rings (SSSR count). The minimum atomic E-state index is 0.538. The lowest BCUT2D eigenvalue weighted by atomic mass is 10.1. The number of halogens is 1. The Morgan fingerprint density at radius 3 is 2.95 bits per heavy atom. The van der Waals surface area contributed by atoms with Crippen molar-refractivity contribution < 1.29 is 0 Å². The summed E-state index contributed by atoms with van der Waals surface area (Å²) in [5.41, 5.74) is 3.61. The van der Waals surface area contributed by atoms with Crippen molar-refractivity contribution in [3.63, 3.8) is 0 Å². The summed E-state index contributed by atoms with van der Waals surface area (Å²) in [6.45, 7) is 4.72. The fourth-order valence-corrected chi connectivity index (χ4v) is 2.46. The molecule has 1 aliphatic heterocycles. The molecule has 3 heterocycles. The summed E-state index contributed by atoms with van der Waals surface area (Å²) in [6.07, 6.45) is 4.80. The molecule has 98 valence electrons. The van der Waals surface area contributed by atoms with Gasteiger partial charge in [-0.15, -0.1) is 0 Å². The van der Waals surface area contributed by atoms with E-state index in [9.17, 15) is 0 Å². The molecule has 0 fully saturated rings. The van der Waals surface area contributed by atoms with Crippen LogP contribution in [0, 0.1) is 6.92 Å². The molecule has 5 heteroatoms. The highest BCUT2D eigenvalue weighted by Crippen LogP contribution is 2.18. The van der Waals surface area contributed by atoms with Crippen molar-refractivity contribution in [3.8, 4) is 0 Å². The van der Waals surface area contributed by atoms with Crippen LogP contribution in [0.3, 0.4) is 0 Å². The standard InChI is InChI=1S/C14H15ClN4/c1-10-16-7-12-4-5-19(9-13(12)18-10)8-11-2-3-14(15)17-6-11/h2-3,6-7H,4-5,8-9H2,1H3. The van der Waals surface area contributed by atoms with Gasteiger partial charge in [-0.25, -0.2) is 15.0 Å². The smallest absolute Gasteiger partial charge is 0.129 e. The van der Waals surface area contributed by atoms with Crippen LogP contribution in [-0.2, 0) is 19.5 Å². The summed E-state index contributed by atoms with van der Waals surface area (Å²) in [5, 5.41) is 0.538. The topological polar surface area (TPSA) is 41.9 Å². The Kier molecular flexibility index (Phi) is 3.44. The van der Waals surface area contributed by atoms with Crippen molar-refractivity contribution in [2.24, 2.45) is 0 Å². The maximum Gasteiger partial charge on any atom is 0.129 e. The number of aryl methyl sites for hydroxylation is 1. The Balaban J connectivity index is 1.73. The highest BCUT2D eigenvalue weighted by atomic mass is 35.5. The third-order valence-corrected chi connectivity index (χ3v) is 3.56. The van der Waals surface area contributed by atoms with E-state index in [0.717, 1.165) is 37.6 Å². The maximum atomic E-state index is 5.80. The molecule has 0 N–H and O–H groups in total. The molecule has 0 aromatic carbocycles. The normalized spacial score (nSPS) is 15.3. The molecule has 0 radical (unpaired) electrons. The summed E-state index contributed by atoms with van der Waals surface area (Å²) in [7, 11) is 0. The molecule has 0 spiro atoms. The fraction of sp³-hybridized carbons (Fsp3) is 0.357. The second-order valence-corrected chi connectivity index (χ2v) is 5.23. The molecule has 0 atom stereocenters. The quantitative estimate of drug-likeness (QED) is 0.789. The van der Waals surface area contributed by atoms with Gasteiger partial charge >= 0.3 is 0 Å². The first kappa shape index (κ1) is 12.5. The van der Waals surface area contributed by atoms with Crippen LogP contribution in [-0.4, -0.2) is 26.4 Å². The van der Waals surface area contributed by atoms with Crippen LogP contribution < -0.4 is 0 Å². The number of hydrogen-bond donors (Lipinski definition) is 0. The zero-order chi connectivity index (χ0) is 13.2. The summed E-state index contributed by atoms with van der Waals surface area (Å²) < 4.78 is 0. The maximum absolute atomic E-state index is 5.80. The summed E-state index contributed by atoms with van der Waals surface area (Å²) in [6, 6.07) is 3.86. The van der Waals surface area contributed by atoms with Gasteiger partial charge < -0.3 is 0 Å². The van der Waals surface area contributed by atoms with Crippen molar-refractivity contribution in [2.45, 2.75) is 26.4 Å². The van der Waals surface area contributed by atoms with Crippen LogP contribution in [0.1, 0.15) is 22.6 Å². The van der Waals surface area contributed by atoms with Gasteiger partial charge in [0, 0.05) is 32.0 Å². The fourth-order valence-electron chi connectivity index (χ4n) is 2.35. The summed E-state index contributed by atoms with van der Waals surface area (Å²) in [4.78, 5) is 15.3. The molecule has 4 nitrogen and oxygen atoms in total. The molecule has 0 amide bonds. The van der Waals surface area contributed by atoms with Gasteiger partial charge in [0.25, 0.3) is 0 Å². The Morgan fingerprint density at radius 1 is 1.26 bits per heavy atom. The molecular formula is C14H15ClN4. The minimum absolute atomic E-state index is 0.538. The lowest BCUT2D eigenvalue weighted by Crippen LogP contribution is -2.31. The van der Waals surface area contributed by atoms with E-state index in [4.69, 9.17) is 11.6 Å². The zero-order valence-corrected chi connectivity index (χ0v) is 11.6. The van der Waals surface area contributed by atoms with E-state index in [1.54, 1.807) is 0 Å². The van der Waals surface area contributed by atoms with E-state index in [1.165, 1.54) is 11.1 Å². The molecule has 19 heavy (non-hydrogen) atoms. The Labute approximate surface area is 117 Å². The number of fused-ring (bicyclic) bond motifs is 1. The average Bonchev–Trinajstić information content (AvgIpc) is 2.41. The first-order valence-electron chi connectivity index (χ1n) is 6.35. The lowest BCUT2D eigenvalue weighted by molar-refractivity contribution is 0.240. The molecule has 1 aliphatic rings. The Bertz CT molecular complexity index is 582. The second kappa shape index (κ2) is 5.23. The number of hydrogen-bond acceptors (Lipinski definition) is 4. The highest BCUT2D eigenvalue weighted by Gasteiger charge is 2.18. The number of aromatic nitrogens is 3. The van der Waals surface area contributed by atoms with Gasteiger partial charge in [0.1, 0.15) is 11.0 Å². The van der Waals surface area contributed by atoms with E-state index in [2.05, 4.69) is 19.9 Å². The summed E-state index contributed by atoms with van der Waals surface area (Å²) >= 11 is 5.80. The van der Waals surface area contributed by atoms with Gasteiger partial charge in [0.05, 0.1) is 5.69 Å². The van der Waals surface area contributed by atoms with E-state index in [0.29, 0.717) is 5.15 Å². The molecule has 2 aromatic heterocycles. The van der Waals surface area contributed by atoms with Gasteiger partial charge in [-0.2, -0.15) is 0 Å². The lowest BCUT2D eigenvalue weighted by Gasteiger charge is -2.27. The molecule has 0 aliphatic carbocycles. The van der Waals surface area contributed by atoms with Gasteiger partial charge in [-0.05, 0) is 30.5 Å². The van der Waals surface area contributed by atoms with Crippen molar-refractivity contribution in [2.75, 3.05) is 6.54 Å². The van der Waals surface area contributed by atoms with Crippen LogP contribution in [0.5, 0.6) is 0 Å². The number of rotatable bonds is 2. The third kappa shape index (κ3) is 2.91. The second-order valence-electron chi connectivity index (χ2n) is 4.84. The SMILES string of the molecule is Cc1ncc2c(n1)CN(Cc1ccc(Cl)nc1)CC2. The number of nitrogens with zero attached hydrogens (tertiary/aromatic N) is 4. The van der Waals surface area contributed by atoms with Gasteiger partial charge in [0.2, 0.25) is 0 Å². The van der Waals surface area contributed by atoms with Crippen molar-refractivity contribution in [1.29, 1.82) is 0 Å². The van der Waals surface area contributed by atoms with Gasteiger partial charge in [-0.1, -0.05) is 17.7 Å². The van der Waals surface area contributed by atoms with Crippen LogP contribution in [0.4, 0.5) is 0 Å². The largest absolute Gasteiger partial charge is 0.293 e. The van der Waals surface area contributed by atoms with Crippen molar-refractivity contribution in [3.05, 3.63) is 52.3 Å².